The summed E-state index contributed by atoms with van der Waals surface area (Å²) in [5, 5.41) is 8.18. The van der Waals surface area contributed by atoms with E-state index in [0.717, 1.165) is 50.3 Å². The van der Waals surface area contributed by atoms with Gasteiger partial charge in [0.1, 0.15) is 0 Å². The van der Waals surface area contributed by atoms with Crippen molar-refractivity contribution in [3.8, 4) is 0 Å². The lowest BCUT2D eigenvalue weighted by Gasteiger charge is -2.34. The lowest BCUT2D eigenvalue weighted by atomic mass is 9.84. The summed E-state index contributed by atoms with van der Waals surface area (Å²) in [5.41, 5.74) is 2.11. The van der Waals surface area contributed by atoms with E-state index in [4.69, 9.17) is 4.74 Å². The number of aromatic nitrogens is 2. The molecule has 4 rings (SSSR count). The van der Waals surface area contributed by atoms with Gasteiger partial charge in [-0.25, -0.2) is 4.79 Å². The van der Waals surface area contributed by atoms with E-state index in [-0.39, 0.29) is 18.1 Å². The molecule has 0 bridgehead atoms. The Bertz CT molecular complexity index is 700. The van der Waals surface area contributed by atoms with Crippen LogP contribution < -0.4 is 5.32 Å². The Kier molecular flexibility index (Phi) is 5.33. The Balaban J connectivity index is 1.27. The first-order valence-corrected chi connectivity index (χ1v) is 10.1. The standard InChI is InChI=1S/C19H29N5O3/c1-2-27-19(26)23-7-6-15(12-23)20-11-16-10-17-13-22(8-9-24(17)21-16)18(25)14-4-3-5-14/h10,14-15,20H,2-9,11-13H2,1H3/t15-/m1/s1. The highest BCUT2D eigenvalue weighted by molar-refractivity contribution is 5.79. The van der Waals surface area contributed by atoms with Crippen molar-refractivity contribution in [2.45, 2.75) is 58.3 Å². The van der Waals surface area contributed by atoms with E-state index in [1.807, 2.05) is 16.5 Å². The first kappa shape index (κ1) is 18.3. The van der Waals surface area contributed by atoms with Crippen molar-refractivity contribution in [2.24, 2.45) is 5.92 Å². The molecule has 1 N–H and O–H groups in total. The van der Waals surface area contributed by atoms with Crippen molar-refractivity contribution in [2.75, 3.05) is 26.2 Å². The van der Waals surface area contributed by atoms with Crippen LogP contribution in [0.5, 0.6) is 0 Å². The van der Waals surface area contributed by atoms with Crippen LogP contribution in [-0.2, 0) is 29.2 Å². The predicted molar refractivity (Wildman–Crippen MR) is 98.8 cm³/mol. The molecule has 1 aromatic rings. The van der Waals surface area contributed by atoms with Crippen LogP contribution in [0, 0.1) is 5.92 Å². The molecule has 0 spiro atoms. The normalized spacial score (nSPS) is 22.5. The van der Waals surface area contributed by atoms with Gasteiger partial charge in [-0.05, 0) is 32.3 Å². The maximum absolute atomic E-state index is 12.5. The van der Waals surface area contributed by atoms with Gasteiger partial charge in [-0.2, -0.15) is 5.10 Å². The van der Waals surface area contributed by atoms with Crippen LogP contribution >= 0.6 is 0 Å². The number of hydrogen-bond acceptors (Lipinski definition) is 5. The van der Waals surface area contributed by atoms with E-state index >= 15 is 0 Å². The molecule has 1 saturated carbocycles. The highest BCUT2D eigenvalue weighted by Crippen LogP contribution is 2.29. The number of fused-ring (bicyclic) bond motifs is 1. The number of hydrogen-bond donors (Lipinski definition) is 1. The molecule has 2 amide bonds. The maximum Gasteiger partial charge on any atom is 0.409 e. The quantitative estimate of drug-likeness (QED) is 0.840. The van der Waals surface area contributed by atoms with Crippen molar-refractivity contribution < 1.29 is 14.3 Å². The molecule has 27 heavy (non-hydrogen) atoms. The SMILES string of the molecule is CCOC(=O)N1CC[C@@H](NCc2cc3n(n2)CCN(C(=O)C2CCC2)C3)C1. The minimum atomic E-state index is -0.226. The first-order chi connectivity index (χ1) is 13.1. The van der Waals surface area contributed by atoms with Gasteiger partial charge in [-0.15, -0.1) is 0 Å². The fourth-order valence-corrected chi connectivity index (χ4v) is 4.07. The molecule has 3 aliphatic rings. The first-order valence-electron chi connectivity index (χ1n) is 10.1. The third kappa shape index (κ3) is 3.95. The molecule has 2 fully saturated rings. The van der Waals surface area contributed by atoms with Crippen molar-refractivity contribution in [1.82, 2.24) is 24.9 Å². The number of ether oxygens (including phenoxy) is 1. The molecular formula is C19H29N5O3. The summed E-state index contributed by atoms with van der Waals surface area (Å²) < 4.78 is 7.09. The highest BCUT2D eigenvalue weighted by atomic mass is 16.6. The second-order valence-corrected chi connectivity index (χ2v) is 7.75. The van der Waals surface area contributed by atoms with Gasteiger partial charge in [-0.1, -0.05) is 6.42 Å². The van der Waals surface area contributed by atoms with E-state index < -0.39 is 0 Å². The van der Waals surface area contributed by atoms with Gasteiger partial charge in [-0.3, -0.25) is 9.48 Å². The van der Waals surface area contributed by atoms with E-state index in [9.17, 15) is 9.59 Å². The fraction of sp³-hybridized carbons (Fsp3) is 0.737. The molecule has 2 aliphatic heterocycles. The second-order valence-electron chi connectivity index (χ2n) is 7.75. The molecule has 1 atom stereocenters. The average molecular weight is 375 g/mol. The van der Waals surface area contributed by atoms with Gasteiger partial charge < -0.3 is 19.9 Å². The molecule has 0 radical (unpaired) electrons. The Labute approximate surface area is 159 Å². The van der Waals surface area contributed by atoms with Crippen LogP contribution in [0.4, 0.5) is 4.79 Å². The summed E-state index contributed by atoms with van der Waals surface area (Å²) in [5.74, 6) is 0.573. The summed E-state index contributed by atoms with van der Waals surface area (Å²) in [6, 6.07) is 2.37. The monoisotopic (exact) mass is 375 g/mol. The molecule has 1 aromatic heterocycles. The van der Waals surface area contributed by atoms with Crippen LogP contribution in [-0.4, -0.2) is 63.9 Å². The summed E-state index contributed by atoms with van der Waals surface area (Å²) in [4.78, 5) is 28.0. The predicted octanol–water partition coefficient (Wildman–Crippen LogP) is 1.35. The molecule has 1 saturated heterocycles. The lowest BCUT2D eigenvalue weighted by Crippen LogP contribution is -2.43. The number of likely N-dealkylation sites (tertiary alicyclic amines) is 1. The molecule has 0 aromatic carbocycles. The molecule has 3 heterocycles. The summed E-state index contributed by atoms with van der Waals surface area (Å²) in [7, 11) is 0. The van der Waals surface area contributed by atoms with E-state index in [1.165, 1.54) is 6.42 Å². The zero-order chi connectivity index (χ0) is 18.8. The zero-order valence-corrected chi connectivity index (χ0v) is 16.0. The van der Waals surface area contributed by atoms with Crippen LogP contribution in [0.15, 0.2) is 6.07 Å². The third-order valence-corrected chi connectivity index (χ3v) is 5.90. The fourth-order valence-electron chi connectivity index (χ4n) is 4.07. The van der Waals surface area contributed by atoms with Crippen LogP contribution in [0.3, 0.4) is 0 Å². The zero-order valence-electron chi connectivity index (χ0n) is 16.0. The van der Waals surface area contributed by atoms with Crippen LogP contribution in [0.2, 0.25) is 0 Å². The van der Waals surface area contributed by atoms with Gasteiger partial charge in [0.05, 0.1) is 31.1 Å². The summed E-state index contributed by atoms with van der Waals surface area (Å²) in [6.07, 6.45) is 3.99. The maximum atomic E-state index is 12.5. The van der Waals surface area contributed by atoms with Gasteiger partial charge in [0.25, 0.3) is 0 Å². The minimum Gasteiger partial charge on any atom is -0.450 e. The van der Waals surface area contributed by atoms with Crippen LogP contribution in [0.1, 0.15) is 44.0 Å². The molecular weight excluding hydrogens is 346 g/mol. The third-order valence-electron chi connectivity index (χ3n) is 5.90. The lowest BCUT2D eigenvalue weighted by molar-refractivity contribution is -0.139. The van der Waals surface area contributed by atoms with Gasteiger partial charge in [0.2, 0.25) is 5.91 Å². The van der Waals surface area contributed by atoms with Crippen molar-refractivity contribution >= 4 is 12.0 Å². The number of rotatable bonds is 5. The van der Waals surface area contributed by atoms with Gasteiger partial charge >= 0.3 is 6.09 Å². The molecule has 148 valence electrons. The Hall–Kier alpha value is -2.09. The van der Waals surface area contributed by atoms with Crippen molar-refractivity contribution in [1.29, 1.82) is 0 Å². The molecule has 8 nitrogen and oxygen atoms in total. The van der Waals surface area contributed by atoms with E-state index in [0.29, 0.717) is 32.1 Å². The number of carbonyl (C=O) groups excluding carboxylic acids is 2. The number of carbonyl (C=O) groups is 2. The van der Waals surface area contributed by atoms with E-state index in [1.54, 1.807) is 4.90 Å². The van der Waals surface area contributed by atoms with Crippen LogP contribution in [0.25, 0.3) is 0 Å². The average Bonchev–Trinajstić information content (AvgIpc) is 3.24. The van der Waals surface area contributed by atoms with Crippen molar-refractivity contribution in [3.05, 3.63) is 17.5 Å². The Morgan fingerprint density at radius 1 is 1.22 bits per heavy atom. The Morgan fingerprint density at radius 2 is 2.07 bits per heavy atom. The molecule has 8 heteroatoms. The topological polar surface area (TPSA) is 79.7 Å². The molecule has 1 aliphatic carbocycles. The van der Waals surface area contributed by atoms with Gasteiger partial charge in [0.15, 0.2) is 0 Å². The smallest absolute Gasteiger partial charge is 0.409 e. The summed E-state index contributed by atoms with van der Waals surface area (Å²) in [6.45, 7) is 6.52. The number of nitrogens with zero attached hydrogens (tertiary/aromatic N) is 4. The van der Waals surface area contributed by atoms with Gasteiger partial charge in [0, 0.05) is 38.1 Å². The van der Waals surface area contributed by atoms with E-state index in [2.05, 4.69) is 16.5 Å². The summed E-state index contributed by atoms with van der Waals surface area (Å²) >= 11 is 0. The number of nitrogens with one attached hydrogen (secondary N) is 1. The Morgan fingerprint density at radius 3 is 2.81 bits per heavy atom. The van der Waals surface area contributed by atoms with Crippen molar-refractivity contribution in [3.63, 3.8) is 0 Å². The minimum absolute atomic E-state index is 0.226. The highest BCUT2D eigenvalue weighted by Gasteiger charge is 2.32. The largest absolute Gasteiger partial charge is 0.450 e. The second kappa shape index (κ2) is 7.88. The number of amides is 2. The molecule has 0 unspecified atom stereocenters.